The first-order valence-electron chi connectivity index (χ1n) is 4.85. The molecule has 15 heavy (non-hydrogen) atoms. The maximum atomic E-state index is 10.6. The van der Waals surface area contributed by atoms with Gasteiger partial charge in [-0.05, 0) is 31.9 Å². The van der Waals surface area contributed by atoms with Crippen LogP contribution in [0.15, 0.2) is 18.2 Å². The summed E-state index contributed by atoms with van der Waals surface area (Å²) < 4.78 is 0. The summed E-state index contributed by atoms with van der Waals surface area (Å²) in [5, 5.41) is 18.7. The molecule has 0 aliphatic heterocycles. The average molecular weight is 208 g/mol. The molecule has 0 amide bonds. The maximum absolute atomic E-state index is 10.6. The number of carbonyl (C=O) groups is 1. The van der Waals surface area contributed by atoms with Crippen LogP contribution in [0.4, 0.5) is 0 Å². The Morgan fingerprint density at radius 2 is 2.00 bits per heavy atom. The number of aliphatic hydroxyl groups is 1. The number of rotatable bonds is 3. The first kappa shape index (κ1) is 11.7. The highest BCUT2D eigenvalue weighted by Gasteiger charge is 2.27. The zero-order valence-corrected chi connectivity index (χ0v) is 9.24. The van der Waals surface area contributed by atoms with E-state index in [0.717, 1.165) is 11.1 Å². The summed E-state index contributed by atoms with van der Waals surface area (Å²) >= 11 is 0. The summed E-state index contributed by atoms with van der Waals surface area (Å²) in [6.07, 6.45) is -0.281. The van der Waals surface area contributed by atoms with Crippen molar-refractivity contribution in [3.63, 3.8) is 0 Å². The molecule has 0 bridgehead atoms. The van der Waals surface area contributed by atoms with Crippen molar-refractivity contribution in [2.45, 2.75) is 32.8 Å². The van der Waals surface area contributed by atoms with Gasteiger partial charge in [0.25, 0.3) is 0 Å². The van der Waals surface area contributed by atoms with Crippen molar-refractivity contribution in [2.24, 2.45) is 0 Å². The number of aryl methyl sites for hydroxylation is 2. The number of aliphatic carboxylic acids is 1. The lowest BCUT2D eigenvalue weighted by Gasteiger charge is -2.24. The molecule has 1 atom stereocenters. The normalized spacial score (nSPS) is 14.7. The fraction of sp³-hybridized carbons (Fsp3) is 0.417. The van der Waals surface area contributed by atoms with Crippen molar-refractivity contribution in [1.82, 2.24) is 0 Å². The van der Waals surface area contributed by atoms with Gasteiger partial charge in [-0.2, -0.15) is 0 Å². The van der Waals surface area contributed by atoms with Crippen LogP contribution in [-0.4, -0.2) is 16.2 Å². The molecule has 1 aromatic rings. The molecule has 0 aromatic heterocycles. The first-order valence-corrected chi connectivity index (χ1v) is 4.85. The van der Waals surface area contributed by atoms with E-state index in [0.29, 0.717) is 5.56 Å². The molecule has 0 heterocycles. The largest absolute Gasteiger partial charge is 0.481 e. The van der Waals surface area contributed by atoms with E-state index >= 15 is 0 Å². The lowest BCUT2D eigenvalue weighted by atomic mass is 9.88. The second-order valence-electron chi connectivity index (χ2n) is 4.16. The highest BCUT2D eigenvalue weighted by molar-refractivity contribution is 5.68. The number of hydrogen-bond acceptors (Lipinski definition) is 2. The molecule has 0 spiro atoms. The third kappa shape index (κ3) is 2.80. The summed E-state index contributed by atoms with van der Waals surface area (Å²) in [6.45, 7) is 5.36. The molecule has 3 nitrogen and oxygen atoms in total. The monoisotopic (exact) mass is 208 g/mol. The lowest BCUT2D eigenvalue weighted by Crippen LogP contribution is -2.26. The maximum Gasteiger partial charge on any atom is 0.306 e. The van der Waals surface area contributed by atoms with Gasteiger partial charge < -0.3 is 10.2 Å². The summed E-state index contributed by atoms with van der Waals surface area (Å²) in [5.41, 5.74) is 1.39. The van der Waals surface area contributed by atoms with Crippen LogP contribution in [0.5, 0.6) is 0 Å². The van der Waals surface area contributed by atoms with Crippen LogP contribution >= 0.6 is 0 Å². The van der Waals surface area contributed by atoms with E-state index in [1.165, 1.54) is 6.92 Å². The third-order valence-corrected chi connectivity index (χ3v) is 2.46. The Labute approximate surface area is 89.4 Å². The molecule has 82 valence electrons. The number of carboxylic acids is 1. The van der Waals surface area contributed by atoms with Crippen LogP contribution in [0.2, 0.25) is 0 Å². The molecule has 1 unspecified atom stereocenters. The predicted molar refractivity (Wildman–Crippen MR) is 57.7 cm³/mol. The van der Waals surface area contributed by atoms with Crippen molar-refractivity contribution >= 4 is 5.97 Å². The zero-order chi connectivity index (χ0) is 11.6. The van der Waals surface area contributed by atoms with Crippen molar-refractivity contribution in [3.05, 3.63) is 34.9 Å². The Kier molecular flexibility index (Phi) is 3.15. The van der Waals surface area contributed by atoms with E-state index in [1.807, 2.05) is 26.0 Å². The minimum Gasteiger partial charge on any atom is -0.481 e. The van der Waals surface area contributed by atoms with Crippen molar-refractivity contribution < 1.29 is 15.0 Å². The first-order chi connectivity index (χ1) is 6.83. The van der Waals surface area contributed by atoms with Gasteiger partial charge in [-0.25, -0.2) is 0 Å². The van der Waals surface area contributed by atoms with Crippen molar-refractivity contribution in [2.75, 3.05) is 0 Å². The molecule has 0 fully saturated rings. The summed E-state index contributed by atoms with van der Waals surface area (Å²) in [4.78, 5) is 10.6. The summed E-state index contributed by atoms with van der Waals surface area (Å²) in [6, 6.07) is 5.60. The number of hydrogen-bond donors (Lipinski definition) is 2. The molecule has 3 heteroatoms. The van der Waals surface area contributed by atoms with E-state index in [-0.39, 0.29) is 6.42 Å². The zero-order valence-electron chi connectivity index (χ0n) is 9.24. The van der Waals surface area contributed by atoms with Gasteiger partial charge in [0.2, 0.25) is 0 Å². The Bertz CT molecular complexity index is 380. The fourth-order valence-corrected chi connectivity index (χ4v) is 1.81. The van der Waals surface area contributed by atoms with Gasteiger partial charge in [0.1, 0.15) is 0 Å². The van der Waals surface area contributed by atoms with Crippen LogP contribution < -0.4 is 0 Å². The molecular formula is C12H16O3. The van der Waals surface area contributed by atoms with E-state index < -0.39 is 11.6 Å². The van der Waals surface area contributed by atoms with Gasteiger partial charge >= 0.3 is 5.97 Å². The van der Waals surface area contributed by atoms with E-state index in [4.69, 9.17) is 5.11 Å². The predicted octanol–water partition coefficient (Wildman–Crippen LogP) is 1.99. The van der Waals surface area contributed by atoms with Gasteiger partial charge in [-0.3, -0.25) is 4.79 Å². The quantitative estimate of drug-likeness (QED) is 0.798. The second kappa shape index (κ2) is 4.03. The number of carboxylic acid groups (broad SMARTS) is 1. The van der Waals surface area contributed by atoms with Crippen LogP contribution in [0, 0.1) is 13.8 Å². The topological polar surface area (TPSA) is 57.5 Å². The van der Waals surface area contributed by atoms with E-state index in [2.05, 4.69) is 0 Å². The van der Waals surface area contributed by atoms with Gasteiger partial charge in [-0.1, -0.05) is 23.8 Å². The molecule has 0 saturated carbocycles. The van der Waals surface area contributed by atoms with Crippen LogP contribution in [-0.2, 0) is 10.4 Å². The van der Waals surface area contributed by atoms with Crippen LogP contribution in [0.1, 0.15) is 30.0 Å². The molecule has 0 radical (unpaired) electrons. The average Bonchev–Trinajstić information content (AvgIpc) is 1.99. The van der Waals surface area contributed by atoms with Crippen molar-refractivity contribution in [3.8, 4) is 0 Å². The smallest absolute Gasteiger partial charge is 0.306 e. The van der Waals surface area contributed by atoms with Gasteiger partial charge in [0.15, 0.2) is 0 Å². The van der Waals surface area contributed by atoms with Gasteiger partial charge in [0.05, 0.1) is 12.0 Å². The molecule has 2 N–H and O–H groups in total. The van der Waals surface area contributed by atoms with Gasteiger partial charge in [-0.15, -0.1) is 0 Å². The number of benzene rings is 1. The highest BCUT2D eigenvalue weighted by atomic mass is 16.4. The summed E-state index contributed by atoms with van der Waals surface area (Å²) in [5.74, 6) is -1.00. The molecule has 1 rings (SSSR count). The molecule has 0 aliphatic carbocycles. The standard InChI is InChI=1S/C12H16O3/c1-8-4-5-10(9(2)6-8)12(3,15)7-11(13)14/h4-6,15H,7H2,1-3H3,(H,13,14). The Morgan fingerprint density at radius 1 is 1.40 bits per heavy atom. The fourth-order valence-electron chi connectivity index (χ4n) is 1.81. The van der Waals surface area contributed by atoms with E-state index in [1.54, 1.807) is 6.07 Å². The SMILES string of the molecule is Cc1ccc(C(C)(O)CC(=O)O)c(C)c1. The molecule has 0 aliphatic rings. The van der Waals surface area contributed by atoms with Crippen LogP contribution in [0.3, 0.4) is 0 Å². The minimum absolute atomic E-state index is 0.281. The minimum atomic E-state index is -1.30. The van der Waals surface area contributed by atoms with Gasteiger partial charge in [0, 0.05) is 0 Å². The highest BCUT2D eigenvalue weighted by Crippen LogP contribution is 2.27. The third-order valence-electron chi connectivity index (χ3n) is 2.46. The second-order valence-corrected chi connectivity index (χ2v) is 4.16. The molecular weight excluding hydrogens is 192 g/mol. The van der Waals surface area contributed by atoms with E-state index in [9.17, 15) is 9.90 Å². The van der Waals surface area contributed by atoms with Crippen molar-refractivity contribution in [1.29, 1.82) is 0 Å². The molecule has 0 saturated heterocycles. The van der Waals surface area contributed by atoms with Crippen LogP contribution in [0.25, 0.3) is 0 Å². The Hall–Kier alpha value is -1.35. The Morgan fingerprint density at radius 3 is 2.47 bits per heavy atom. The summed E-state index contributed by atoms with van der Waals surface area (Å²) in [7, 11) is 0. The lowest BCUT2D eigenvalue weighted by molar-refractivity contribution is -0.142. The Balaban J connectivity index is 3.09. The molecule has 1 aromatic carbocycles.